The maximum Gasteiger partial charge on any atom is 0.216 e. The Morgan fingerprint density at radius 3 is 2.16 bits per heavy atom. The highest BCUT2D eigenvalue weighted by molar-refractivity contribution is 6.14. The van der Waals surface area contributed by atoms with Gasteiger partial charge in [-0.25, -0.2) is 4.57 Å². The number of furan rings is 1. The zero-order chi connectivity index (χ0) is 26.6. The Labute approximate surface area is 225 Å². The lowest BCUT2D eigenvalue weighted by atomic mass is 9.71. The van der Waals surface area contributed by atoms with Crippen molar-refractivity contribution in [3.8, 4) is 28.5 Å². The molecule has 0 radical (unpaired) electrons. The number of nitrogens with zero attached hydrogens (tertiary/aromatic N) is 2. The van der Waals surface area contributed by atoms with Gasteiger partial charge in [0, 0.05) is 28.0 Å². The SMILES string of the molecule is Cc1ccc(-c2c(C)ccc3c2oc2c(-c4ccc(C5CCC(C)(C)CC5)cc4)c(C#N)ccc23)[n+](C)c1. The number of rotatable bonds is 3. The third kappa shape index (κ3) is 4.09. The molecule has 0 unspecified atom stereocenters. The Morgan fingerprint density at radius 1 is 0.842 bits per heavy atom. The summed E-state index contributed by atoms with van der Waals surface area (Å²) in [7, 11) is 2.08. The zero-order valence-corrected chi connectivity index (χ0v) is 23.1. The molecular formula is C35H35N2O+. The Balaban J connectivity index is 1.51. The molecule has 5 aromatic rings. The highest BCUT2D eigenvalue weighted by atomic mass is 16.3. The van der Waals surface area contributed by atoms with Crippen LogP contribution in [-0.2, 0) is 7.05 Å². The van der Waals surface area contributed by atoms with Gasteiger partial charge in [-0.15, -0.1) is 0 Å². The molecule has 1 fully saturated rings. The third-order valence-electron chi connectivity index (χ3n) is 8.69. The molecule has 0 saturated heterocycles. The number of pyridine rings is 1. The van der Waals surface area contributed by atoms with Crippen LogP contribution in [0.4, 0.5) is 0 Å². The predicted octanol–water partition coefficient (Wildman–Crippen LogP) is 8.92. The monoisotopic (exact) mass is 499 g/mol. The Hall–Kier alpha value is -3.90. The molecule has 6 rings (SSSR count). The summed E-state index contributed by atoms with van der Waals surface area (Å²) in [6, 6.07) is 23.9. The van der Waals surface area contributed by atoms with Crippen molar-refractivity contribution in [1.29, 1.82) is 5.26 Å². The minimum absolute atomic E-state index is 0.460. The molecule has 1 aliphatic rings. The molecule has 0 bridgehead atoms. The van der Waals surface area contributed by atoms with Gasteiger partial charge in [0.05, 0.1) is 17.2 Å². The van der Waals surface area contributed by atoms with Crippen molar-refractivity contribution in [1.82, 2.24) is 0 Å². The topological polar surface area (TPSA) is 40.8 Å². The molecule has 0 atom stereocenters. The maximum absolute atomic E-state index is 10.1. The molecule has 0 amide bonds. The number of hydrogen-bond donors (Lipinski definition) is 0. The van der Waals surface area contributed by atoms with Gasteiger partial charge in [0.2, 0.25) is 5.69 Å². The van der Waals surface area contributed by atoms with E-state index >= 15 is 0 Å². The van der Waals surface area contributed by atoms with Gasteiger partial charge < -0.3 is 4.42 Å². The smallest absolute Gasteiger partial charge is 0.216 e. The molecule has 3 nitrogen and oxygen atoms in total. The molecule has 38 heavy (non-hydrogen) atoms. The number of fused-ring (bicyclic) bond motifs is 3. The summed E-state index contributed by atoms with van der Waals surface area (Å²) in [5.74, 6) is 0.621. The predicted molar refractivity (Wildman–Crippen MR) is 155 cm³/mol. The average molecular weight is 500 g/mol. The van der Waals surface area contributed by atoms with Gasteiger partial charge in [-0.05, 0) is 85.8 Å². The molecule has 0 aliphatic heterocycles. The summed E-state index contributed by atoms with van der Waals surface area (Å²) in [6.07, 6.45) is 7.18. The van der Waals surface area contributed by atoms with E-state index in [4.69, 9.17) is 4.42 Å². The van der Waals surface area contributed by atoms with Crippen LogP contribution in [0, 0.1) is 30.6 Å². The second kappa shape index (κ2) is 9.14. The van der Waals surface area contributed by atoms with E-state index < -0.39 is 0 Å². The number of aryl methyl sites for hydroxylation is 3. The van der Waals surface area contributed by atoms with Crippen molar-refractivity contribution in [2.24, 2.45) is 12.5 Å². The van der Waals surface area contributed by atoms with Gasteiger partial charge in [-0.1, -0.05) is 50.2 Å². The van der Waals surface area contributed by atoms with Crippen molar-refractivity contribution in [3.05, 3.63) is 89.1 Å². The minimum atomic E-state index is 0.460. The summed E-state index contributed by atoms with van der Waals surface area (Å²) in [4.78, 5) is 0. The summed E-state index contributed by atoms with van der Waals surface area (Å²) >= 11 is 0. The first-order chi connectivity index (χ1) is 18.3. The fourth-order valence-electron chi connectivity index (χ4n) is 6.36. The molecule has 3 heteroatoms. The summed E-state index contributed by atoms with van der Waals surface area (Å²) in [5.41, 5.74) is 10.7. The Kier molecular flexibility index (Phi) is 5.88. The van der Waals surface area contributed by atoms with E-state index in [0.29, 0.717) is 16.9 Å². The van der Waals surface area contributed by atoms with Crippen molar-refractivity contribution in [2.75, 3.05) is 0 Å². The van der Waals surface area contributed by atoms with E-state index in [1.54, 1.807) is 0 Å². The number of benzene rings is 3. The van der Waals surface area contributed by atoms with Crippen molar-refractivity contribution >= 4 is 21.9 Å². The first-order valence-electron chi connectivity index (χ1n) is 13.7. The largest absolute Gasteiger partial charge is 0.454 e. The highest BCUT2D eigenvalue weighted by Crippen LogP contribution is 2.44. The summed E-state index contributed by atoms with van der Waals surface area (Å²) in [6.45, 7) is 9.01. The van der Waals surface area contributed by atoms with Gasteiger partial charge in [-0.3, -0.25) is 0 Å². The summed E-state index contributed by atoms with van der Waals surface area (Å²) in [5, 5.41) is 12.2. The van der Waals surface area contributed by atoms with Crippen LogP contribution in [0.1, 0.15) is 67.7 Å². The minimum Gasteiger partial charge on any atom is -0.454 e. The van der Waals surface area contributed by atoms with Crippen LogP contribution in [0.2, 0.25) is 0 Å². The molecule has 3 aromatic carbocycles. The quantitative estimate of drug-likeness (QED) is 0.233. The molecule has 1 aliphatic carbocycles. The molecule has 2 heterocycles. The number of hydrogen-bond acceptors (Lipinski definition) is 2. The van der Waals surface area contributed by atoms with E-state index in [1.807, 2.05) is 12.1 Å². The fourth-order valence-corrected chi connectivity index (χ4v) is 6.36. The second-order valence-electron chi connectivity index (χ2n) is 12.0. The fraction of sp³-hybridized carbons (Fsp3) is 0.314. The van der Waals surface area contributed by atoms with E-state index in [2.05, 4.69) is 100 Å². The molecule has 190 valence electrons. The normalized spacial score (nSPS) is 15.7. The lowest BCUT2D eigenvalue weighted by Gasteiger charge is -2.34. The van der Waals surface area contributed by atoms with E-state index in [9.17, 15) is 5.26 Å². The lowest BCUT2D eigenvalue weighted by Crippen LogP contribution is -2.31. The molecule has 0 spiro atoms. The van der Waals surface area contributed by atoms with Crippen LogP contribution in [0.5, 0.6) is 0 Å². The number of aromatic nitrogens is 1. The molecule has 2 aromatic heterocycles. The Bertz CT molecular complexity index is 1720. The van der Waals surface area contributed by atoms with Crippen molar-refractivity contribution < 1.29 is 8.98 Å². The maximum atomic E-state index is 10.1. The van der Waals surface area contributed by atoms with Crippen molar-refractivity contribution in [3.63, 3.8) is 0 Å². The lowest BCUT2D eigenvalue weighted by molar-refractivity contribution is -0.660. The van der Waals surface area contributed by atoms with Gasteiger partial charge >= 0.3 is 0 Å². The standard InChI is InChI=1S/C35H35N2O/c1-22-6-15-30(37(5)21-22)31-23(2)7-13-28-29-14-12-27(20-36)32(34(29)38-33(28)31)26-10-8-24(9-11-26)25-16-18-35(3,4)19-17-25/h6-15,21,25H,16-19H2,1-5H3/q+1. The van der Waals surface area contributed by atoms with Crippen LogP contribution < -0.4 is 4.57 Å². The third-order valence-corrected chi connectivity index (χ3v) is 8.69. The van der Waals surface area contributed by atoms with E-state index in [-0.39, 0.29) is 0 Å². The molecule has 0 N–H and O–H groups in total. The number of nitriles is 1. The first-order valence-corrected chi connectivity index (χ1v) is 13.7. The second-order valence-corrected chi connectivity index (χ2v) is 12.0. The van der Waals surface area contributed by atoms with Crippen LogP contribution in [0.15, 0.2) is 71.3 Å². The van der Waals surface area contributed by atoms with Crippen LogP contribution in [0.3, 0.4) is 0 Å². The van der Waals surface area contributed by atoms with Crippen molar-refractivity contribution in [2.45, 2.75) is 59.3 Å². The van der Waals surface area contributed by atoms with Gasteiger partial charge in [-0.2, -0.15) is 5.26 Å². The average Bonchev–Trinajstić information content (AvgIpc) is 3.27. The van der Waals surface area contributed by atoms with E-state index in [0.717, 1.165) is 49.9 Å². The highest BCUT2D eigenvalue weighted by Gasteiger charge is 2.28. The van der Waals surface area contributed by atoms with Gasteiger partial charge in [0.1, 0.15) is 18.2 Å². The zero-order valence-electron chi connectivity index (χ0n) is 23.1. The molecule has 1 saturated carbocycles. The van der Waals surface area contributed by atoms with Gasteiger partial charge in [0.15, 0.2) is 6.20 Å². The van der Waals surface area contributed by atoms with Crippen LogP contribution >= 0.6 is 0 Å². The van der Waals surface area contributed by atoms with Crippen LogP contribution in [0.25, 0.3) is 44.3 Å². The Morgan fingerprint density at radius 2 is 1.50 bits per heavy atom. The summed E-state index contributed by atoms with van der Waals surface area (Å²) < 4.78 is 8.90. The molecular weight excluding hydrogens is 464 g/mol. The van der Waals surface area contributed by atoms with Crippen LogP contribution in [-0.4, -0.2) is 0 Å². The van der Waals surface area contributed by atoms with Gasteiger partial charge in [0.25, 0.3) is 0 Å². The van der Waals surface area contributed by atoms with E-state index in [1.165, 1.54) is 36.8 Å². The first kappa shape index (κ1) is 24.4.